The highest BCUT2D eigenvalue weighted by Gasteiger charge is 2.19. The van der Waals surface area contributed by atoms with Gasteiger partial charge in [-0.25, -0.2) is 0 Å². The number of rotatable bonds is 49. The Morgan fingerprint density at radius 2 is 0.567 bits per heavy atom. The molecule has 0 aromatic rings. The molecule has 1 unspecified atom stereocenters. The van der Waals surface area contributed by atoms with Crippen LogP contribution in [0.4, 0.5) is 0 Å². The summed E-state index contributed by atoms with van der Waals surface area (Å²) >= 11 is 0. The largest absolute Gasteiger partial charge is 0.462 e. The first kappa shape index (κ1) is 58.1. The van der Waals surface area contributed by atoms with Gasteiger partial charge in [-0.15, -0.1) is 0 Å². The Labute approximate surface area is 373 Å². The van der Waals surface area contributed by atoms with Crippen molar-refractivity contribution < 1.29 is 28.6 Å². The SMILES string of the molecule is CCCC/C=C\CCCCCCCC(=O)OC(COC(=O)CCCCCCCCCCCCC)COC(=O)CCCCCCCCCCCCCCCCCCCCCC. The minimum Gasteiger partial charge on any atom is -0.462 e. The molecule has 6 nitrogen and oxygen atoms in total. The summed E-state index contributed by atoms with van der Waals surface area (Å²) in [5, 5.41) is 0. The molecule has 0 saturated carbocycles. The first-order valence-corrected chi connectivity index (χ1v) is 26.7. The molecule has 0 aliphatic heterocycles. The van der Waals surface area contributed by atoms with Gasteiger partial charge in [-0.3, -0.25) is 14.4 Å². The molecule has 0 amide bonds. The van der Waals surface area contributed by atoms with Gasteiger partial charge in [0.05, 0.1) is 0 Å². The molecular weight excluding hydrogens is 745 g/mol. The standard InChI is InChI=1S/C54H102O6/c1-4-7-10-13-16-19-22-23-24-25-26-27-28-29-30-33-35-38-41-44-47-53(56)59-50-51(60-54(57)48-45-42-39-36-32-21-18-15-12-9-6-3)49-58-52(55)46-43-40-37-34-31-20-17-14-11-8-5-2/h15,18,51H,4-14,16-17,19-50H2,1-3H3/b18-15-. The molecule has 0 aromatic carbocycles. The third-order valence-electron chi connectivity index (χ3n) is 12.0. The van der Waals surface area contributed by atoms with Crippen molar-refractivity contribution in [2.75, 3.05) is 13.2 Å². The fourth-order valence-electron chi connectivity index (χ4n) is 7.95. The number of carbonyl (C=O) groups excluding carboxylic acids is 3. The van der Waals surface area contributed by atoms with Gasteiger partial charge in [0.1, 0.15) is 13.2 Å². The van der Waals surface area contributed by atoms with Gasteiger partial charge in [0.2, 0.25) is 0 Å². The zero-order chi connectivity index (χ0) is 43.7. The molecule has 0 heterocycles. The van der Waals surface area contributed by atoms with Crippen LogP contribution in [-0.2, 0) is 28.6 Å². The second-order valence-corrected chi connectivity index (χ2v) is 18.2. The van der Waals surface area contributed by atoms with Gasteiger partial charge in [-0.1, -0.05) is 251 Å². The lowest BCUT2D eigenvalue weighted by Crippen LogP contribution is -2.30. The number of unbranched alkanes of at least 4 members (excludes halogenated alkanes) is 36. The van der Waals surface area contributed by atoms with Crippen LogP contribution in [0.15, 0.2) is 12.2 Å². The van der Waals surface area contributed by atoms with Crippen LogP contribution >= 0.6 is 0 Å². The van der Waals surface area contributed by atoms with Gasteiger partial charge < -0.3 is 14.2 Å². The highest BCUT2D eigenvalue weighted by atomic mass is 16.6. The van der Waals surface area contributed by atoms with Gasteiger partial charge in [0.15, 0.2) is 6.10 Å². The summed E-state index contributed by atoms with van der Waals surface area (Å²) in [6.45, 7) is 6.63. The van der Waals surface area contributed by atoms with E-state index in [0.29, 0.717) is 19.3 Å². The van der Waals surface area contributed by atoms with Gasteiger partial charge in [-0.2, -0.15) is 0 Å². The summed E-state index contributed by atoms with van der Waals surface area (Å²) in [6.07, 6.45) is 54.9. The van der Waals surface area contributed by atoms with E-state index >= 15 is 0 Å². The summed E-state index contributed by atoms with van der Waals surface area (Å²) in [5.41, 5.74) is 0. The zero-order valence-corrected chi connectivity index (χ0v) is 40.5. The topological polar surface area (TPSA) is 78.9 Å². The normalized spacial score (nSPS) is 12.0. The average molecular weight is 847 g/mol. The highest BCUT2D eigenvalue weighted by molar-refractivity contribution is 5.71. The zero-order valence-electron chi connectivity index (χ0n) is 40.5. The lowest BCUT2D eigenvalue weighted by atomic mass is 10.0. The molecule has 1 atom stereocenters. The maximum atomic E-state index is 12.7. The van der Waals surface area contributed by atoms with Crippen LogP contribution in [0, 0.1) is 0 Å². The van der Waals surface area contributed by atoms with Crippen molar-refractivity contribution in [2.24, 2.45) is 0 Å². The first-order chi connectivity index (χ1) is 29.5. The molecule has 0 aliphatic rings. The molecule has 6 heteroatoms. The van der Waals surface area contributed by atoms with Crippen LogP contribution in [0.1, 0.15) is 297 Å². The van der Waals surface area contributed by atoms with E-state index in [1.54, 1.807) is 0 Å². The minimum atomic E-state index is -0.767. The fraction of sp³-hybridized carbons (Fsp3) is 0.907. The van der Waals surface area contributed by atoms with Crippen molar-refractivity contribution in [3.05, 3.63) is 12.2 Å². The second kappa shape index (κ2) is 49.8. The molecular formula is C54H102O6. The van der Waals surface area contributed by atoms with Crippen molar-refractivity contribution in [3.8, 4) is 0 Å². The molecule has 0 radical (unpaired) electrons. The maximum Gasteiger partial charge on any atom is 0.306 e. The van der Waals surface area contributed by atoms with Gasteiger partial charge in [0, 0.05) is 19.3 Å². The molecule has 0 aromatic heterocycles. The summed E-state index contributed by atoms with van der Waals surface area (Å²) in [7, 11) is 0. The van der Waals surface area contributed by atoms with E-state index in [2.05, 4.69) is 32.9 Å². The number of allylic oxidation sites excluding steroid dienone is 2. The second-order valence-electron chi connectivity index (χ2n) is 18.2. The van der Waals surface area contributed by atoms with Crippen molar-refractivity contribution in [1.82, 2.24) is 0 Å². The quantitative estimate of drug-likeness (QED) is 0.0263. The number of hydrogen-bond acceptors (Lipinski definition) is 6. The van der Waals surface area contributed by atoms with Crippen LogP contribution in [0.3, 0.4) is 0 Å². The first-order valence-electron chi connectivity index (χ1n) is 26.7. The third-order valence-corrected chi connectivity index (χ3v) is 12.0. The van der Waals surface area contributed by atoms with E-state index < -0.39 is 6.10 Å². The molecule has 0 fully saturated rings. The Balaban J connectivity index is 4.21. The molecule has 0 spiro atoms. The molecule has 60 heavy (non-hydrogen) atoms. The predicted octanol–water partition coefficient (Wildman–Crippen LogP) is 17.4. The Hall–Kier alpha value is -1.85. The Kier molecular flexibility index (Phi) is 48.3. The van der Waals surface area contributed by atoms with E-state index in [1.165, 1.54) is 193 Å². The monoisotopic (exact) mass is 847 g/mol. The molecule has 0 N–H and O–H groups in total. The summed E-state index contributed by atoms with van der Waals surface area (Å²) in [6, 6.07) is 0. The molecule has 354 valence electrons. The van der Waals surface area contributed by atoms with Crippen molar-refractivity contribution >= 4 is 17.9 Å². The van der Waals surface area contributed by atoms with Crippen LogP contribution in [0.25, 0.3) is 0 Å². The average Bonchev–Trinajstić information content (AvgIpc) is 3.24. The number of ether oxygens (including phenoxy) is 3. The van der Waals surface area contributed by atoms with Gasteiger partial charge in [0.25, 0.3) is 0 Å². The molecule has 0 aliphatic carbocycles. The van der Waals surface area contributed by atoms with Crippen LogP contribution in [0.5, 0.6) is 0 Å². The van der Waals surface area contributed by atoms with Crippen molar-refractivity contribution in [1.29, 1.82) is 0 Å². The summed E-state index contributed by atoms with van der Waals surface area (Å²) in [4.78, 5) is 37.9. The highest BCUT2D eigenvalue weighted by Crippen LogP contribution is 2.17. The summed E-state index contributed by atoms with van der Waals surface area (Å²) < 4.78 is 16.8. The van der Waals surface area contributed by atoms with E-state index in [-0.39, 0.29) is 31.1 Å². The van der Waals surface area contributed by atoms with Gasteiger partial charge >= 0.3 is 17.9 Å². The van der Waals surface area contributed by atoms with E-state index in [0.717, 1.165) is 64.2 Å². The lowest BCUT2D eigenvalue weighted by molar-refractivity contribution is -0.167. The minimum absolute atomic E-state index is 0.0682. The van der Waals surface area contributed by atoms with E-state index in [9.17, 15) is 14.4 Å². The van der Waals surface area contributed by atoms with Crippen LogP contribution in [-0.4, -0.2) is 37.2 Å². The Morgan fingerprint density at radius 3 is 0.883 bits per heavy atom. The Bertz CT molecular complexity index is 931. The smallest absolute Gasteiger partial charge is 0.306 e. The fourth-order valence-corrected chi connectivity index (χ4v) is 7.95. The number of hydrogen-bond donors (Lipinski definition) is 0. The lowest BCUT2D eigenvalue weighted by Gasteiger charge is -2.18. The van der Waals surface area contributed by atoms with Crippen LogP contribution in [0.2, 0.25) is 0 Å². The molecule has 0 bridgehead atoms. The molecule has 0 rings (SSSR count). The van der Waals surface area contributed by atoms with E-state index in [4.69, 9.17) is 14.2 Å². The predicted molar refractivity (Wildman–Crippen MR) is 256 cm³/mol. The van der Waals surface area contributed by atoms with Crippen LogP contribution < -0.4 is 0 Å². The van der Waals surface area contributed by atoms with Crippen molar-refractivity contribution in [2.45, 2.75) is 303 Å². The number of carbonyl (C=O) groups is 3. The number of esters is 3. The Morgan fingerprint density at radius 1 is 0.317 bits per heavy atom. The van der Waals surface area contributed by atoms with E-state index in [1.807, 2.05) is 0 Å². The summed E-state index contributed by atoms with van der Waals surface area (Å²) in [5.74, 6) is -0.862. The molecule has 0 saturated heterocycles. The van der Waals surface area contributed by atoms with Crippen molar-refractivity contribution in [3.63, 3.8) is 0 Å². The van der Waals surface area contributed by atoms with Gasteiger partial charge in [-0.05, 0) is 38.5 Å². The third kappa shape index (κ3) is 47.2. The maximum absolute atomic E-state index is 12.7.